The molecule has 0 aliphatic heterocycles. The first-order valence-corrected chi connectivity index (χ1v) is 4.81. The van der Waals surface area contributed by atoms with E-state index in [-0.39, 0.29) is 11.4 Å². The molecule has 6 heteroatoms. The van der Waals surface area contributed by atoms with Crippen LogP contribution < -0.4 is 0 Å². The van der Waals surface area contributed by atoms with Crippen LogP contribution in [0.3, 0.4) is 0 Å². The predicted octanol–water partition coefficient (Wildman–Crippen LogP) is 2.00. The number of allylic oxidation sites excluding steroid dienone is 3. The highest BCUT2D eigenvalue weighted by Crippen LogP contribution is 2.04. The summed E-state index contributed by atoms with van der Waals surface area (Å²) in [5.41, 5.74) is 0.222. The maximum atomic E-state index is 10.7. The Balaban J connectivity index is 3.13. The lowest BCUT2D eigenvalue weighted by molar-refractivity contribution is -0.418. The number of nitrogens with zero attached hydrogens (tertiary/aromatic N) is 3. The van der Waals surface area contributed by atoms with Crippen molar-refractivity contribution >= 4 is 5.71 Å². The number of rotatable bonds is 4. The summed E-state index contributed by atoms with van der Waals surface area (Å²) in [7, 11) is 0. The third-order valence-corrected chi connectivity index (χ3v) is 1.87. The Bertz CT molecular complexity index is 478. The SMILES string of the molecule is C\C=C/C(=C\C(=N\O)c1ccccn1)[N+](=O)[O-]. The molecule has 0 unspecified atom stereocenters. The molecule has 88 valence electrons. The second-order valence-corrected chi connectivity index (χ2v) is 3.03. The molecule has 1 N–H and O–H groups in total. The van der Waals surface area contributed by atoms with E-state index in [9.17, 15) is 10.1 Å². The molecule has 0 bridgehead atoms. The number of nitro groups is 1. The first-order chi connectivity index (χ1) is 8.19. The van der Waals surface area contributed by atoms with Gasteiger partial charge in [0.25, 0.3) is 5.70 Å². The molecule has 6 nitrogen and oxygen atoms in total. The van der Waals surface area contributed by atoms with E-state index in [1.807, 2.05) is 0 Å². The summed E-state index contributed by atoms with van der Waals surface area (Å²) in [5, 5.41) is 22.5. The van der Waals surface area contributed by atoms with Crippen molar-refractivity contribution in [1.29, 1.82) is 0 Å². The Morgan fingerprint density at radius 3 is 2.82 bits per heavy atom. The zero-order valence-electron chi connectivity index (χ0n) is 9.15. The highest BCUT2D eigenvalue weighted by atomic mass is 16.6. The van der Waals surface area contributed by atoms with Gasteiger partial charge in [0.15, 0.2) is 0 Å². The van der Waals surface area contributed by atoms with Crippen LogP contribution in [0.5, 0.6) is 0 Å². The summed E-state index contributed by atoms with van der Waals surface area (Å²) in [6.45, 7) is 1.66. The molecule has 0 atom stereocenters. The molecule has 0 fully saturated rings. The Labute approximate surface area is 97.8 Å². The van der Waals surface area contributed by atoms with Gasteiger partial charge in [0.2, 0.25) is 0 Å². The first-order valence-electron chi connectivity index (χ1n) is 4.81. The zero-order valence-corrected chi connectivity index (χ0v) is 9.15. The van der Waals surface area contributed by atoms with Gasteiger partial charge in [0.05, 0.1) is 10.6 Å². The lowest BCUT2D eigenvalue weighted by atomic mass is 10.2. The van der Waals surface area contributed by atoms with E-state index in [0.717, 1.165) is 6.08 Å². The highest BCUT2D eigenvalue weighted by molar-refractivity contribution is 6.07. The van der Waals surface area contributed by atoms with Crippen molar-refractivity contribution in [3.8, 4) is 0 Å². The lowest BCUT2D eigenvalue weighted by Crippen LogP contribution is -2.04. The average Bonchev–Trinajstić information content (AvgIpc) is 2.35. The van der Waals surface area contributed by atoms with Crippen LogP contribution in [0.1, 0.15) is 12.6 Å². The molecule has 17 heavy (non-hydrogen) atoms. The summed E-state index contributed by atoms with van der Waals surface area (Å²) in [6, 6.07) is 4.99. The van der Waals surface area contributed by atoms with Gasteiger partial charge in [0.1, 0.15) is 5.71 Å². The van der Waals surface area contributed by atoms with Crippen molar-refractivity contribution in [3.05, 3.63) is 64.1 Å². The third-order valence-electron chi connectivity index (χ3n) is 1.87. The zero-order chi connectivity index (χ0) is 12.7. The van der Waals surface area contributed by atoms with Gasteiger partial charge in [-0.3, -0.25) is 15.1 Å². The average molecular weight is 233 g/mol. The monoisotopic (exact) mass is 233 g/mol. The molecular formula is C11H11N3O3. The Hall–Kier alpha value is -2.50. The molecule has 1 heterocycles. The summed E-state index contributed by atoms with van der Waals surface area (Å²) >= 11 is 0. The number of hydrogen-bond donors (Lipinski definition) is 1. The summed E-state index contributed by atoms with van der Waals surface area (Å²) in [5.74, 6) is 0. The van der Waals surface area contributed by atoms with Gasteiger partial charge >= 0.3 is 0 Å². The number of oxime groups is 1. The largest absolute Gasteiger partial charge is 0.410 e. The molecule has 0 saturated carbocycles. The highest BCUT2D eigenvalue weighted by Gasteiger charge is 2.10. The molecule has 0 radical (unpaired) electrons. The van der Waals surface area contributed by atoms with Gasteiger partial charge in [-0.25, -0.2) is 0 Å². The molecule has 0 saturated heterocycles. The molecular weight excluding hydrogens is 222 g/mol. The fourth-order valence-electron chi connectivity index (χ4n) is 1.14. The van der Waals surface area contributed by atoms with Crippen LogP contribution in [0.15, 0.2) is 53.5 Å². The maximum Gasteiger partial charge on any atom is 0.271 e. The fourth-order valence-corrected chi connectivity index (χ4v) is 1.14. The summed E-state index contributed by atoms with van der Waals surface area (Å²) in [6.07, 6.45) is 5.51. The van der Waals surface area contributed by atoms with E-state index in [4.69, 9.17) is 5.21 Å². The number of pyridine rings is 1. The lowest BCUT2D eigenvalue weighted by Gasteiger charge is -1.97. The normalized spacial score (nSPS) is 13.0. The minimum absolute atomic E-state index is 0.0374. The number of aromatic nitrogens is 1. The molecule has 1 aromatic heterocycles. The van der Waals surface area contributed by atoms with Crippen molar-refractivity contribution in [2.24, 2.45) is 5.16 Å². The Kier molecular flexibility index (Phi) is 4.56. The van der Waals surface area contributed by atoms with Gasteiger partial charge in [-0.2, -0.15) is 0 Å². The smallest absolute Gasteiger partial charge is 0.271 e. The van der Waals surface area contributed by atoms with Crippen LogP contribution in [0, 0.1) is 10.1 Å². The van der Waals surface area contributed by atoms with Gasteiger partial charge in [-0.1, -0.05) is 17.3 Å². The van der Waals surface area contributed by atoms with E-state index >= 15 is 0 Å². The fraction of sp³-hybridized carbons (Fsp3) is 0.0909. The second-order valence-electron chi connectivity index (χ2n) is 3.03. The summed E-state index contributed by atoms with van der Waals surface area (Å²) < 4.78 is 0. The minimum atomic E-state index is -0.561. The molecule has 0 amide bonds. The van der Waals surface area contributed by atoms with Gasteiger partial charge in [0, 0.05) is 18.3 Å². The molecule has 1 rings (SSSR count). The van der Waals surface area contributed by atoms with E-state index in [0.29, 0.717) is 5.69 Å². The van der Waals surface area contributed by atoms with Crippen molar-refractivity contribution in [3.63, 3.8) is 0 Å². The van der Waals surface area contributed by atoms with Crippen LogP contribution in [0.25, 0.3) is 0 Å². The van der Waals surface area contributed by atoms with E-state index in [1.54, 1.807) is 25.1 Å². The predicted molar refractivity (Wildman–Crippen MR) is 62.5 cm³/mol. The topological polar surface area (TPSA) is 88.6 Å². The van der Waals surface area contributed by atoms with Crippen molar-refractivity contribution in [2.45, 2.75) is 6.92 Å². The first kappa shape index (κ1) is 12.6. The quantitative estimate of drug-likeness (QED) is 0.283. The van der Waals surface area contributed by atoms with Crippen LogP contribution in [0.4, 0.5) is 0 Å². The van der Waals surface area contributed by atoms with Gasteiger partial charge in [-0.05, 0) is 19.1 Å². The molecule has 0 spiro atoms. The van der Waals surface area contributed by atoms with Crippen molar-refractivity contribution in [1.82, 2.24) is 4.98 Å². The van der Waals surface area contributed by atoms with Gasteiger partial charge in [-0.15, -0.1) is 0 Å². The van der Waals surface area contributed by atoms with Crippen LogP contribution in [-0.4, -0.2) is 20.8 Å². The third kappa shape index (κ3) is 3.53. The van der Waals surface area contributed by atoms with E-state index in [2.05, 4.69) is 10.1 Å². The molecule has 1 aromatic rings. The van der Waals surface area contributed by atoms with Crippen LogP contribution >= 0.6 is 0 Å². The minimum Gasteiger partial charge on any atom is -0.410 e. The maximum absolute atomic E-state index is 10.7. The standard InChI is InChI=1S/C11H11N3O3/c1-2-5-9(14(16)17)8-11(13-15)10-6-3-4-7-12-10/h2-8,15H,1H3/b5-2-,9-8+,13-11-. The number of hydrogen-bond acceptors (Lipinski definition) is 5. The molecule has 0 aliphatic carbocycles. The van der Waals surface area contributed by atoms with E-state index < -0.39 is 4.92 Å². The van der Waals surface area contributed by atoms with Crippen LogP contribution in [0.2, 0.25) is 0 Å². The second kappa shape index (κ2) is 6.16. The van der Waals surface area contributed by atoms with Gasteiger partial charge < -0.3 is 5.21 Å². The Morgan fingerprint density at radius 2 is 2.35 bits per heavy atom. The van der Waals surface area contributed by atoms with E-state index in [1.165, 1.54) is 18.3 Å². The van der Waals surface area contributed by atoms with Crippen molar-refractivity contribution < 1.29 is 10.1 Å². The molecule has 0 aliphatic rings. The van der Waals surface area contributed by atoms with Crippen LogP contribution in [-0.2, 0) is 0 Å². The molecule has 0 aromatic carbocycles. The van der Waals surface area contributed by atoms with Crippen molar-refractivity contribution in [2.75, 3.05) is 0 Å². The Morgan fingerprint density at radius 1 is 1.59 bits per heavy atom. The summed E-state index contributed by atoms with van der Waals surface area (Å²) in [4.78, 5) is 14.1.